The van der Waals surface area contributed by atoms with E-state index in [2.05, 4.69) is 19.9 Å². The summed E-state index contributed by atoms with van der Waals surface area (Å²) in [5.74, 6) is -6.77. The van der Waals surface area contributed by atoms with Crippen LogP contribution in [0.2, 0.25) is 0 Å². The van der Waals surface area contributed by atoms with Crippen LogP contribution >= 0.6 is 0 Å². The minimum atomic E-state index is -1.13. The summed E-state index contributed by atoms with van der Waals surface area (Å²) in [7, 11) is 0. The number of hydrogen-bond donors (Lipinski definition) is 0. The molecule has 0 bridgehead atoms. The van der Waals surface area contributed by atoms with E-state index < -0.39 is 35.8 Å². The van der Waals surface area contributed by atoms with Crippen LogP contribution in [0.1, 0.15) is 62.1 Å². The van der Waals surface area contributed by atoms with E-state index in [1.54, 1.807) is 134 Å². The molecule has 10 aromatic rings. The molecule has 10 rings (SSSR count). The van der Waals surface area contributed by atoms with Crippen molar-refractivity contribution >= 4 is 35.8 Å². The molecule has 0 fully saturated rings. The quantitative estimate of drug-likeness (QED) is 0.197. The smallest absolute Gasteiger partial charge is 0.545 e. The molecule has 0 aliphatic carbocycles. The fourth-order valence-electron chi connectivity index (χ4n) is 5.50. The number of carbonyl (C=O) groups excluding carboxylic acids is 6. The molecule has 0 saturated heterocycles. The number of aromatic carboxylic acids is 6. The Kier molecular flexibility index (Phi) is 43.9. The number of nitrogens with zero attached hydrogens (tertiary/aromatic N) is 4. The van der Waals surface area contributed by atoms with Crippen LogP contribution in [0.25, 0.3) is 22.8 Å². The first kappa shape index (κ1) is 77.4. The fourth-order valence-corrected chi connectivity index (χ4v) is 5.50. The normalized spacial score (nSPS) is 8.58. The van der Waals surface area contributed by atoms with Gasteiger partial charge in [0.05, 0.1) is 58.6 Å². The van der Waals surface area contributed by atoms with Gasteiger partial charge in [0.15, 0.2) is 0 Å². The molecule has 3 radical (unpaired) electrons. The van der Waals surface area contributed by atoms with Gasteiger partial charge in [0.25, 0.3) is 0 Å². The van der Waals surface area contributed by atoms with Crippen molar-refractivity contribution in [2.24, 2.45) is 0 Å². The van der Waals surface area contributed by atoms with Gasteiger partial charge in [-0.25, -0.2) is 0 Å². The van der Waals surface area contributed by atoms with E-state index in [4.69, 9.17) is 0 Å². The molecule has 4 aromatic heterocycles. The van der Waals surface area contributed by atoms with Gasteiger partial charge in [-0.15, -0.1) is 0 Å². The van der Waals surface area contributed by atoms with Crippen molar-refractivity contribution in [2.45, 2.75) is 0 Å². The van der Waals surface area contributed by atoms with Crippen molar-refractivity contribution in [3.8, 4) is 22.8 Å². The Balaban J connectivity index is -0.000000877. The van der Waals surface area contributed by atoms with Crippen molar-refractivity contribution in [1.29, 1.82) is 0 Å². The summed E-state index contributed by atoms with van der Waals surface area (Å²) in [4.78, 5) is 77.3. The van der Waals surface area contributed by atoms with Gasteiger partial charge < -0.3 is 70.4 Å². The zero-order chi connectivity index (χ0) is 56.6. The second kappa shape index (κ2) is 47.1. The number of carboxylic acids is 6. The molecule has 0 atom stereocenters. The molecule has 0 saturated carbocycles. The van der Waals surface area contributed by atoms with Crippen LogP contribution in [0.3, 0.4) is 0 Å². The third-order valence-electron chi connectivity index (χ3n) is 9.24. The molecular formula is C62H50Mn3N4O14. The summed E-state index contributed by atoms with van der Waals surface area (Å²) < 4.78 is 0. The van der Waals surface area contributed by atoms with E-state index >= 15 is 0 Å². The number of aromatic nitrogens is 4. The second-order valence-corrected chi connectivity index (χ2v) is 14.8. The van der Waals surface area contributed by atoms with E-state index in [1.807, 2.05) is 72.8 Å². The summed E-state index contributed by atoms with van der Waals surface area (Å²) in [6.45, 7) is 0. The Morgan fingerprint density at radius 1 is 0.205 bits per heavy atom. The minimum Gasteiger partial charge on any atom is -0.545 e. The van der Waals surface area contributed by atoms with Crippen LogP contribution in [0.15, 0.2) is 280 Å². The first-order valence-corrected chi connectivity index (χ1v) is 23.0. The summed E-state index contributed by atoms with van der Waals surface area (Å²) in [5.41, 5.74) is 4.98. The van der Waals surface area contributed by atoms with E-state index in [0.717, 1.165) is 22.8 Å². The topological polar surface area (TPSA) is 355 Å². The Bertz CT molecular complexity index is 2740. The Hall–Kier alpha value is -9.78. The maximum absolute atomic E-state index is 10.1. The first-order chi connectivity index (χ1) is 37.8. The van der Waals surface area contributed by atoms with Crippen LogP contribution in [0.5, 0.6) is 0 Å². The van der Waals surface area contributed by atoms with Crippen LogP contribution < -0.4 is 30.6 Å². The van der Waals surface area contributed by atoms with Gasteiger partial charge in [0, 0.05) is 24.8 Å². The third-order valence-corrected chi connectivity index (χ3v) is 9.24. The van der Waals surface area contributed by atoms with Gasteiger partial charge in [-0.05, 0) is 81.9 Å². The summed E-state index contributed by atoms with van der Waals surface area (Å²) in [6, 6.07) is 71.6. The number of carboxylic acid groups (broad SMARTS) is 6. The predicted octanol–water partition coefficient (Wildman–Crippen LogP) is 2.93. The largest absolute Gasteiger partial charge is 2.00 e. The number of hydrogen-bond acceptors (Lipinski definition) is 16. The molecule has 83 heavy (non-hydrogen) atoms. The van der Waals surface area contributed by atoms with Crippen molar-refractivity contribution < 1.29 is 122 Å². The summed E-state index contributed by atoms with van der Waals surface area (Å²) in [6.07, 6.45) is 7.07. The van der Waals surface area contributed by atoms with E-state index in [9.17, 15) is 59.4 Å². The molecule has 0 aliphatic rings. The summed E-state index contributed by atoms with van der Waals surface area (Å²) >= 11 is 0. The number of rotatable bonds is 8. The molecular weight excluding hydrogens is 1190 g/mol. The van der Waals surface area contributed by atoms with Crippen molar-refractivity contribution in [2.75, 3.05) is 0 Å². The number of benzene rings is 6. The van der Waals surface area contributed by atoms with Crippen LogP contribution in [0.4, 0.5) is 0 Å². The van der Waals surface area contributed by atoms with Crippen molar-refractivity contribution in [3.05, 3.63) is 313 Å². The van der Waals surface area contributed by atoms with Gasteiger partial charge in [-0.3, -0.25) is 19.9 Å². The van der Waals surface area contributed by atoms with Gasteiger partial charge >= 0.3 is 51.2 Å². The van der Waals surface area contributed by atoms with Gasteiger partial charge in [0.1, 0.15) is 0 Å². The van der Waals surface area contributed by atoms with Crippen molar-refractivity contribution in [3.63, 3.8) is 0 Å². The Morgan fingerprint density at radius 2 is 0.325 bits per heavy atom. The first-order valence-electron chi connectivity index (χ1n) is 23.0. The monoisotopic (exact) mass is 1240 g/mol. The maximum atomic E-state index is 10.1. The van der Waals surface area contributed by atoms with Crippen LogP contribution in [0, 0.1) is 0 Å². The minimum absolute atomic E-state index is 0. The Morgan fingerprint density at radius 3 is 0.410 bits per heavy atom. The number of carbonyl (C=O) groups is 6. The molecule has 0 unspecified atom stereocenters. The van der Waals surface area contributed by atoms with E-state index in [0.29, 0.717) is 0 Å². The molecule has 423 valence electrons. The van der Waals surface area contributed by atoms with Crippen LogP contribution in [-0.4, -0.2) is 66.7 Å². The summed E-state index contributed by atoms with van der Waals surface area (Å²) in [5, 5.41) is 60.5. The SMILES string of the molecule is O.O.O=C([O-])c1ccccc1.O=C([O-])c1ccccc1.O=C([O-])c1ccccc1.O=C([O-])c1ccccc1.O=C([O-])c1ccccc1.O=C([O-])c1ccccc1.[Mn+2].[Mn+2].[Mn+2].c1ccc(-c2ccccn2)nc1.c1ccc(-c2ccccn2)nc1. The van der Waals surface area contributed by atoms with E-state index in [1.165, 1.54) is 72.8 Å². The van der Waals surface area contributed by atoms with E-state index in [-0.39, 0.29) is 95.5 Å². The van der Waals surface area contributed by atoms with Gasteiger partial charge in [0.2, 0.25) is 0 Å². The zero-order valence-corrected chi connectivity index (χ0v) is 46.9. The molecule has 21 heteroatoms. The van der Waals surface area contributed by atoms with Crippen LogP contribution in [-0.2, 0) is 51.2 Å². The molecule has 0 spiro atoms. The molecule has 0 aliphatic heterocycles. The van der Waals surface area contributed by atoms with Crippen molar-refractivity contribution in [1.82, 2.24) is 19.9 Å². The molecule has 4 heterocycles. The molecule has 0 amide bonds. The average molecular weight is 1240 g/mol. The fraction of sp³-hybridized carbons (Fsp3) is 0. The molecule has 18 nitrogen and oxygen atoms in total. The van der Waals surface area contributed by atoms with Gasteiger partial charge in [-0.2, -0.15) is 0 Å². The Labute approximate surface area is 510 Å². The average Bonchev–Trinajstić information content (AvgIpc) is 3.52. The second-order valence-electron chi connectivity index (χ2n) is 14.8. The molecule has 4 N–H and O–H groups in total. The molecule has 6 aromatic carbocycles. The predicted molar refractivity (Wildman–Crippen MR) is 287 cm³/mol. The zero-order valence-electron chi connectivity index (χ0n) is 43.4. The standard InChI is InChI=1S/2C10H8N2.6C7H6O2.3Mn.2H2O/c2*1-3-7-11-9(5-1)10-6-2-4-8-12-10;6*8-7(9)6-4-2-1-3-5-6;;;;;/h2*1-8H;6*1-5H,(H,8,9);;;;2*1H2/q;;;;;;;;3*+2;;/p-6. The number of pyridine rings is 4. The maximum Gasteiger partial charge on any atom is 2.00 e. The van der Waals surface area contributed by atoms with Gasteiger partial charge in [-0.1, -0.05) is 206 Å². The third kappa shape index (κ3) is 34.1.